The van der Waals surface area contributed by atoms with Crippen molar-refractivity contribution in [1.82, 2.24) is 20.9 Å². The maximum absolute atomic E-state index is 14.3. The number of fused-ring (bicyclic) bond motifs is 1. The van der Waals surface area contributed by atoms with Gasteiger partial charge in [-0.3, -0.25) is 19.2 Å². The second kappa shape index (κ2) is 10.2. The molecule has 4 rings (SSSR count). The van der Waals surface area contributed by atoms with Crippen LogP contribution in [0.5, 0.6) is 0 Å². The lowest BCUT2D eigenvalue weighted by molar-refractivity contribution is -0.143. The number of hydrogen-bond donors (Lipinski definition) is 4. The van der Waals surface area contributed by atoms with Crippen LogP contribution in [-0.4, -0.2) is 77.9 Å². The average Bonchev–Trinajstić information content (AvgIpc) is 3.01. The molecule has 2 spiro atoms. The summed E-state index contributed by atoms with van der Waals surface area (Å²) in [6, 6.07) is -3.28. The summed E-state index contributed by atoms with van der Waals surface area (Å²) in [5.41, 5.74) is 3.52. The second-order valence-corrected chi connectivity index (χ2v) is 15.4. The smallest absolute Gasteiger partial charge is 0.315 e. The fourth-order valence-electron chi connectivity index (χ4n) is 7.43. The van der Waals surface area contributed by atoms with Gasteiger partial charge in [-0.2, -0.15) is 0 Å². The van der Waals surface area contributed by atoms with E-state index in [1.165, 1.54) is 0 Å². The van der Waals surface area contributed by atoms with Crippen molar-refractivity contribution in [3.63, 3.8) is 0 Å². The molecule has 11 nitrogen and oxygen atoms in total. The van der Waals surface area contributed by atoms with Gasteiger partial charge in [0.05, 0.1) is 19.3 Å². The number of primary amides is 1. The predicted octanol–water partition coefficient (Wildman–Crippen LogP) is 1.87. The molecular weight excluding hydrogens is 526 g/mol. The van der Waals surface area contributed by atoms with E-state index in [0.717, 1.165) is 19.3 Å². The molecule has 2 saturated heterocycles. The lowest BCUT2D eigenvalue weighted by atomic mass is 9.80. The molecular formula is C30H49N5O6. The van der Waals surface area contributed by atoms with Crippen molar-refractivity contribution in [3.05, 3.63) is 0 Å². The van der Waals surface area contributed by atoms with Crippen LogP contribution in [0.15, 0.2) is 0 Å². The third-order valence-corrected chi connectivity index (χ3v) is 10.4. The minimum absolute atomic E-state index is 0.143. The molecule has 2 heterocycles. The van der Waals surface area contributed by atoms with Gasteiger partial charge in [0.2, 0.25) is 17.6 Å². The van der Waals surface area contributed by atoms with Gasteiger partial charge in [-0.15, -0.1) is 0 Å². The highest BCUT2D eigenvalue weighted by Gasteiger charge is 2.86. The van der Waals surface area contributed by atoms with Crippen molar-refractivity contribution >= 4 is 29.5 Å². The molecule has 0 aromatic heterocycles. The van der Waals surface area contributed by atoms with Crippen LogP contribution in [0.4, 0.5) is 4.79 Å². The third-order valence-electron chi connectivity index (χ3n) is 10.4. The molecule has 4 atom stereocenters. The summed E-state index contributed by atoms with van der Waals surface area (Å²) < 4.78 is 5.63. The number of urea groups is 1. The molecule has 0 radical (unpaired) electrons. The first-order chi connectivity index (χ1) is 18.8. The maximum atomic E-state index is 14.3. The molecule has 41 heavy (non-hydrogen) atoms. The second-order valence-electron chi connectivity index (χ2n) is 15.4. The summed E-state index contributed by atoms with van der Waals surface area (Å²) in [6.45, 7) is 17.0. The molecule has 5 N–H and O–H groups in total. The molecule has 230 valence electrons. The lowest BCUT2D eigenvalue weighted by Crippen LogP contribution is -2.61. The Hall–Kier alpha value is -2.69. The standard InChI is InChI=1S/C30H49N5O6/c1-26(2,3)21(33-25(40)34-27(4,5)6)24(39)35-14-29(28(7,8)30(29)15-41-16-30)13-19(35)23(38)32-18(20(36)22(31)37)12-17-10-9-11-17/h17-19,21H,9-16H2,1-8H3,(H2,31,37)(H,32,38)(H2,33,34,40)/t18?,19-,21+,29+/m0/s1. The number of Topliss-reactive ketones (excluding diaryl/α,β-unsaturated/α-hetero) is 1. The van der Waals surface area contributed by atoms with Crippen molar-refractivity contribution in [2.45, 2.75) is 111 Å². The van der Waals surface area contributed by atoms with Gasteiger partial charge in [-0.05, 0) is 50.4 Å². The van der Waals surface area contributed by atoms with Crippen LogP contribution in [0.1, 0.15) is 87.5 Å². The molecule has 11 heteroatoms. The van der Waals surface area contributed by atoms with Gasteiger partial charge in [-0.1, -0.05) is 53.9 Å². The van der Waals surface area contributed by atoms with Gasteiger partial charge in [0.1, 0.15) is 12.1 Å². The highest BCUT2D eigenvalue weighted by molar-refractivity contribution is 6.37. The number of nitrogens with one attached hydrogen (secondary N) is 3. The van der Waals surface area contributed by atoms with E-state index in [0.29, 0.717) is 32.6 Å². The van der Waals surface area contributed by atoms with Crippen LogP contribution >= 0.6 is 0 Å². The minimum Gasteiger partial charge on any atom is -0.380 e. The summed E-state index contributed by atoms with van der Waals surface area (Å²) >= 11 is 0. The van der Waals surface area contributed by atoms with E-state index >= 15 is 0 Å². The van der Waals surface area contributed by atoms with Gasteiger partial charge in [0.15, 0.2) is 0 Å². The van der Waals surface area contributed by atoms with E-state index in [-0.39, 0.29) is 28.1 Å². The zero-order chi connectivity index (χ0) is 30.8. The number of nitrogens with zero attached hydrogens (tertiary/aromatic N) is 1. The summed E-state index contributed by atoms with van der Waals surface area (Å²) in [7, 11) is 0. The number of amides is 5. The van der Waals surface area contributed by atoms with Gasteiger partial charge in [-0.25, -0.2) is 4.79 Å². The minimum atomic E-state index is -1.08. The van der Waals surface area contributed by atoms with Crippen LogP contribution in [0.25, 0.3) is 0 Å². The Bertz CT molecular complexity index is 1110. The Morgan fingerprint density at radius 2 is 1.59 bits per heavy atom. The molecule has 2 aliphatic heterocycles. The fourth-order valence-corrected chi connectivity index (χ4v) is 7.43. The predicted molar refractivity (Wildman–Crippen MR) is 152 cm³/mol. The number of nitrogens with two attached hydrogens (primary N) is 1. The molecule has 5 amide bonds. The number of carbonyl (C=O) groups excluding carboxylic acids is 5. The van der Waals surface area contributed by atoms with Crippen molar-refractivity contribution < 1.29 is 28.7 Å². The fraction of sp³-hybridized carbons (Fsp3) is 0.833. The first kappa shape index (κ1) is 31.3. The number of likely N-dealkylation sites (tertiary alicyclic amines) is 1. The van der Waals surface area contributed by atoms with E-state index in [1.54, 1.807) is 4.90 Å². The Labute approximate surface area is 243 Å². The number of rotatable bonds is 8. The van der Waals surface area contributed by atoms with Crippen LogP contribution in [0.3, 0.4) is 0 Å². The monoisotopic (exact) mass is 575 g/mol. The van der Waals surface area contributed by atoms with Crippen molar-refractivity contribution in [2.75, 3.05) is 19.8 Å². The first-order valence-corrected chi connectivity index (χ1v) is 14.9. The van der Waals surface area contributed by atoms with Crippen LogP contribution in [0, 0.1) is 27.6 Å². The lowest BCUT2D eigenvalue weighted by Gasteiger charge is -2.36. The first-order valence-electron chi connectivity index (χ1n) is 14.9. The normalized spacial score (nSPS) is 27.8. The highest BCUT2D eigenvalue weighted by Crippen LogP contribution is 2.84. The number of ketones is 1. The number of hydrogen-bond acceptors (Lipinski definition) is 6. The van der Waals surface area contributed by atoms with Crippen LogP contribution in [0.2, 0.25) is 0 Å². The Balaban J connectivity index is 1.63. The molecule has 4 aliphatic rings. The number of carbonyl (C=O) groups is 5. The Morgan fingerprint density at radius 1 is 0.976 bits per heavy atom. The van der Waals surface area contributed by atoms with Gasteiger partial charge >= 0.3 is 6.03 Å². The van der Waals surface area contributed by atoms with Crippen molar-refractivity contribution in [2.24, 2.45) is 33.3 Å². The largest absolute Gasteiger partial charge is 0.380 e. The number of ether oxygens (including phenoxy) is 1. The van der Waals surface area contributed by atoms with Gasteiger partial charge in [0, 0.05) is 22.9 Å². The summed E-state index contributed by atoms with van der Waals surface area (Å²) in [4.78, 5) is 67.4. The molecule has 0 bridgehead atoms. The SMILES string of the molecule is CC(C)(C)NC(=O)N[C@H](C(=O)N1C[C@]2(C[C@H]1C(=O)NC(CC1CCC1)C(=O)C(N)=O)C(C)(C)C21COC1)C(C)(C)C. The molecule has 2 aliphatic carbocycles. The summed E-state index contributed by atoms with van der Waals surface area (Å²) in [5, 5.41) is 8.54. The topological polar surface area (TPSA) is 160 Å². The zero-order valence-corrected chi connectivity index (χ0v) is 25.9. The van der Waals surface area contributed by atoms with Crippen molar-refractivity contribution in [1.29, 1.82) is 0 Å². The molecule has 1 unspecified atom stereocenters. The Morgan fingerprint density at radius 3 is 2.00 bits per heavy atom. The van der Waals surface area contributed by atoms with E-state index in [4.69, 9.17) is 10.5 Å². The molecule has 0 aromatic carbocycles. The molecule has 4 fully saturated rings. The maximum Gasteiger partial charge on any atom is 0.315 e. The molecule has 2 saturated carbocycles. The quantitative estimate of drug-likeness (QED) is 0.323. The average molecular weight is 576 g/mol. The summed E-state index contributed by atoms with van der Waals surface area (Å²) in [6.07, 6.45) is 3.67. The van der Waals surface area contributed by atoms with E-state index in [1.807, 2.05) is 41.5 Å². The van der Waals surface area contributed by atoms with Gasteiger partial charge in [0.25, 0.3) is 5.91 Å². The molecule has 0 aromatic rings. The van der Waals surface area contributed by atoms with Crippen LogP contribution in [-0.2, 0) is 23.9 Å². The van der Waals surface area contributed by atoms with E-state index in [2.05, 4.69) is 29.8 Å². The highest BCUT2D eigenvalue weighted by atomic mass is 16.5. The zero-order valence-electron chi connectivity index (χ0n) is 25.9. The third kappa shape index (κ3) is 5.34. The Kier molecular flexibility index (Phi) is 7.80. The van der Waals surface area contributed by atoms with Gasteiger partial charge < -0.3 is 31.3 Å². The van der Waals surface area contributed by atoms with E-state index in [9.17, 15) is 24.0 Å². The van der Waals surface area contributed by atoms with Crippen molar-refractivity contribution in [3.8, 4) is 0 Å². The van der Waals surface area contributed by atoms with Crippen LogP contribution < -0.4 is 21.7 Å². The van der Waals surface area contributed by atoms with E-state index < -0.39 is 52.7 Å². The summed E-state index contributed by atoms with van der Waals surface area (Å²) in [5.74, 6) is -2.49.